The Balaban J connectivity index is 2.35. The van der Waals surface area contributed by atoms with Crippen LogP contribution in [0.2, 0.25) is 0 Å². The van der Waals surface area contributed by atoms with E-state index in [1.807, 2.05) is 0 Å². The van der Waals surface area contributed by atoms with Crippen LogP contribution in [0.4, 0.5) is 0 Å². The lowest BCUT2D eigenvalue weighted by Gasteiger charge is -2.29. The van der Waals surface area contributed by atoms with E-state index in [2.05, 4.69) is 107 Å². The van der Waals surface area contributed by atoms with Gasteiger partial charge in [0, 0.05) is 5.92 Å². The van der Waals surface area contributed by atoms with Crippen molar-refractivity contribution in [3.8, 4) is 11.5 Å². The number of carbonyl (C=O) groups excluding carboxylic acids is 1. The van der Waals surface area contributed by atoms with E-state index in [4.69, 9.17) is 5.73 Å². The Bertz CT molecular complexity index is 993. The van der Waals surface area contributed by atoms with Crippen molar-refractivity contribution in [1.82, 2.24) is 0 Å². The molecule has 0 unspecified atom stereocenters. The predicted molar refractivity (Wildman–Crippen MR) is 160 cm³/mol. The van der Waals surface area contributed by atoms with Gasteiger partial charge in [0.2, 0.25) is 5.91 Å². The van der Waals surface area contributed by atoms with Crippen LogP contribution < -0.4 is 5.73 Å². The molecule has 4 heteroatoms. The molecule has 212 valence electrons. The summed E-state index contributed by atoms with van der Waals surface area (Å²) in [4.78, 5) is 12.5. The molecular formula is C34H53NO3. The predicted octanol–water partition coefficient (Wildman–Crippen LogP) is 7.95. The molecule has 0 heterocycles. The zero-order valence-corrected chi connectivity index (χ0v) is 26.1. The van der Waals surface area contributed by atoms with E-state index in [9.17, 15) is 15.0 Å². The Morgan fingerprint density at radius 1 is 0.605 bits per heavy atom. The molecule has 0 saturated carbocycles. The fraction of sp³-hybridized carbons (Fsp3) is 0.618. The molecule has 0 aliphatic carbocycles. The molecule has 4 nitrogen and oxygen atoms in total. The van der Waals surface area contributed by atoms with E-state index in [1.54, 1.807) is 0 Å². The van der Waals surface area contributed by atoms with Gasteiger partial charge in [-0.1, -0.05) is 107 Å². The Morgan fingerprint density at radius 2 is 0.842 bits per heavy atom. The highest BCUT2D eigenvalue weighted by atomic mass is 16.3. The number of rotatable bonds is 7. The highest BCUT2D eigenvalue weighted by molar-refractivity contribution is 5.76. The zero-order chi connectivity index (χ0) is 29.4. The third kappa shape index (κ3) is 7.77. The summed E-state index contributed by atoms with van der Waals surface area (Å²) in [5.74, 6) is 0.209. The first kappa shape index (κ1) is 31.7. The molecule has 0 spiro atoms. The van der Waals surface area contributed by atoms with Crippen molar-refractivity contribution >= 4 is 5.91 Å². The molecule has 0 saturated heterocycles. The number of amides is 1. The van der Waals surface area contributed by atoms with E-state index in [0.717, 1.165) is 46.2 Å². The molecule has 0 atom stereocenters. The van der Waals surface area contributed by atoms with Crippen LogP contribution in [-0.4, -0.2) is 16.1 Å². The van der Waals surface area contributed by atoms with Gasteiger partial charge in [0.05, 0.1) is 0 Å². The molecule has 0 radical (unpaired) electrons. The number of hydrogen-bond acceptors (Lipinski definition) is 3. The Kier molecular flexibility index (Phi) is 9.14. The topological polar surface area (TPSA) is 83.5 Å². The smallest absolute Gasteiger partial charge is 0.220 e. The van der Waals surface area contributed by atoms with Crippen LogP contribution in [0.5, 0.6) is 11.5 Å². The Morgan fingerprint density at radius 3 is 1.03 bits per heavy atom. The lowest BCUT2D eigenvalue weighted by Crippen LogP contribution is -2.25. The number of aromatic hydroxyl groups is 2. The van der Waals surface area contributed by atoms with Gasteiger partial charge in [-0.2, -0.15) is 0 Å². The lowest BCUT2D eigenvalue weighted by atomic mass is 9.77. The molecule has 38 heavy (non-hydrogen) atoms. The van der Waals surface area contributed by atoms with Crippen LogP contribution in [0.3, 0.4) is 0 Å². The number of hydrogen-bond donors (Lipinski definition) is 3. The van der Waals surface area contributed by atoms with Gasteiger partial charge in [0.15, 0.2) is 0 Å². The summed E-state index contributed by atoms with van der Waals surface area (Å²) in [6.07, 6.45) is 2.75. The summed E-state index contributed by atoms with van der Waals surface area (Å²) in [6, 6.07) is 8.36. The van der Waals surface area contributed by atoms with Crippen molar-refractivity contribution in [2.45, 2.75) is 130 Å². The van der Waals surface area contributed by atoms with E-state index in [-0.39, 0.29) is 33.5 Å². The van der Waals surface area contributed by atoms with E-state index in [1.165, 1.54) is 0 Å². The number of phenols is 2. The van der Waals surface area contributed by atoms with Crippen molar-refractivity contribution in [1.29, 1.82) is 0 Å². The largest absolute Gasteiger partial charge is 0.507 e. The maximum absolute atomic E-state index is 12.5. The normalized spacial score (nSPS) is 13.3. The number of primary amides is 1. The molecule has 4 N–H and O–H groups in total. The van der Waals surface area contributed by atoms with Gasteiger partial charge in [-0.05, 0) is 80.7 Å². The van der Waals surface area contributed by atoms with Gasteiger partial charge in [0.25, 0.3) is 0 Å². The van der Waals surface area contributed by atoms with Crippen molar-refractivity contribution in [2.75, 3.05) is 0 Å². The highest BCUT2D eigenvalue weighted by Gasteiger charge is 2.28. The number of nitrogens with two attached hydrogens (primary N) is 1. The summed E-state index contributed by atoms with van der Waals surface area (Å²) < 4.78 is 0. The fourth-order valence-electron chi connectivity index (χ4n) is 5.07. The number of aryl methyl sites for hydroxylation is 2. The second kappa shape index (κ2) is 10.9. The minimum Gasteiger partial charge on any atom is -0.507 e. The third-order valence-electron chi connectivity index (χ3n) is 7.54. The standard InChI is InChI=1S/C34H53NO3/c1-31(2,3)24-17-21(18-25(28(24)36)32(4,5)6)13-15-23(30(35)38)16-14-22-19-26(33(7,8)9)29(37)27(20-22)34(10,11)12/h17-20,23,36-37H,13-16H2,1-12H3,(H2,35,38). The second-order valence-corrected chi connectivity index (χ2v) is 15.3. The van der Waals surface area contributed by atoms with Crippen molar-refractivity contribution in [2.24, 2.45) is 11.7 Å². The zero-order valence-electron chi connectivity index (χ0n) is 26.1. The number of phenolic OH excluding ortho intramolecular Hbond substituents is 2. The summed E-state index contributed by atoms with van der Waals surface area (Å²) in [7, 11) is 0. The molecular weight excluding hydrogens is 470 g/mol. The van der Waals surface area contributed by atoms with Crippen molar-refractivity contribution in [3.05, 3.63) is 57.6 Å². The summed E-state index contributed by atoms with van der Waals surface area (Å²) in [5, 5.41) is 22.1. The van der Waals surface area contributed by atoms with Crippen molar-refractivity contribution < 1.29 is 15.0 Å². The van der Waals surface area contributed by atoms with E-state index >= 15 is 0 Å². The second-order valence-electron chi connectivity index (χ2n) is 15.3. The molecule has 0 bridgehead atoms. The first-order valence-corrected chi connectivity index (χ1v) is 14.1. The molecule has 0 aliphatic heterocycles. The average Bonchev–Trinajstić information content (AvgIpc) is 2.71. The number of benzene rings is 2. The monoisotopic (exact) mass is 523 g/mol. The van der Waals surface area contributed by atoms with Gasteiger partial charge in [-0.3, -0.25) is 4.79 Å². The van der Waals surface area contributed by atoms with Gasteiger partial charge in [-0.25, -0.2) is 0 Å². The first-order chi connectivity index (χ1) is 17.0. The molecule has 2 rings (SSSR count). The van der Waals surface area contributed by atoms with Crippen LogP contribution in [0.25, 0.3) is 0 Å². The molecule has 2 aromatic rings. The summed E-state index contributed by atoms with van der Waals surface area (Å²) in [5.41, 5.74) is 11.1. The van der Waals surface area contributed by atoms with Gasteiger partial charge >= 0.3 is 0 Å². The molecule has 2 aromatic carbocycles. The fourth-order valence-corrected chi connectivity index (χ4v) is 5.07. The Labute approximate surface area is 232 Å². The Hall–Kier alpha value is -2.49. The van der Waals surface area contributed by atoms with Crippen molar-refractivity contribution in [3.63, 3.8) is 0 Å². The minimum absolute atomic E-state index is 0.197. The van der Waals surface area contributed by atoms with E-state index < -0.39 is 0 Å². The van der Waals surface area contributed by atoms with E-state index in [0.29, 0.717) is 24.3 Å². The van der Waals surface area contributed by atoms with Crippen LogP contribution in [-0.2, 0) is 39.3 Å². The quantitative estimate of drug-likeness (QED) is 0.344. The lowest BCUT2D eigenvalue weighted by molar-refractivity contribution is -0.122. The average molecular weight is 524 g/mol. The number of carbonyl (C=O) groups is 1. The first-order valence-electron chi connectivity index (χ1n) is 14.1. The maximum Gasteiger partial charge on any atom is 0.220 e. The highest BCUT2D eigenvalue weighted by Crippen LogP contribution is 2.41. The van der Waals surface area contributed by atoms with Crippen LogP contribution in [0.1, 0.15) is 129 Å². The molecule has 0 aromatic heterocycles. The van der Waals surface area contributed by atoms with Gasteiger partial charge in [-0.15, -0.1) is 0 Å². The van der Waals surface area contributed by atoms with Crippen LogP contribution >= 0.6 is 0 Å². The van der Waals surface area contributed by atoms with Gasteiger partial charge < -0.3 is 15.9 Å². The molecule has 1 amide bonds. The molecule has 0 fully saturated rings. The summed E-state index contributed by atoms with van der Waals surface area (Å²) in [6.45, 7) is 25.3. The molecule has 0 aliphatic rings. The third-order valence-corrected chi connectivity index (χ3v) is 7.54. The maximum atomic E-state index is 12.5. The van der Waals surface area contributed by atoms with Gasteiger partial charge in [0.1, 0.15) is 11.5 Å². The SMILES string of the molecule is CC(C)(C)c1cc(CCC(CCc2cc(C(C)(C)C)c(O)c(C(C)(C)C)c2)C(N)=O)cc(C(C)(C)C)c1O. The van der Waals surface area contributed by atoms with Crippen LogP contribution in [0.15, 0.2) is 24.3 Å². The summed E-state index contributed by atoms with van der Waals surface area (Å²) >= 11 is 0. The van der Waals surface area contributed by atoms with Crippen LogP contribution in [0, 0.1) is 5.92 Å². The minimum atomic E-state index is -0.276.